The molecule has 0 aliphatic heterocycles. The highest BCUT2D eigenvalue weighted by Crippen LogP contribution is 2.49. The van der Waals surface area contributed by atoms with Gasteiger partial charge >= 0.3 is 5.97 Å². The molecule has 0 aromatic carbocycles. The number of carboxylic acids is 1. The van der Waals surface area contributed by atoms with Crippen molar-refractivity contribution >= 4 is 5.97 Å². The van der Waals surface area contributed by atoms with Crippen molar-refractivity contribution in [3.05, 3.63) is 23.8 Å². The van der Waals surface area contributed by atoms with E-state index in [1.807, 2.05) is 0 Å². The third-order valence-electron chi connectivity index (χ3n) is 3.41. The van der Waals surface area contributed by atoms with Gasteiger partial charge < -0.3 is 10.2 Å². The second-order valence-electron chi connectivity index (χ2n) is 4.75. The Labute approximate surface area is 101 Å². The van der Waals surface area contributed by atoms with Crippen molar-refractivity contribution in [3.63, 3.8) is 0 Å². The number of aliphatic carboxylic acids is 1. The molecule has 0 radical (unpaired) electrons. The Morgan fingerprint density at radius 1 is 1.53 bits per heavy atom. The van der Waals surface area contributed by atoms with E-state index in [2.05, 4.69) is 6.07 Å². The maximum atomic E-state index is 10.4. The van der Waals surface area contributed by atoms with Crippen molar-refractivity contribution < 1.29 is 15.0 Å². The van der Waals surface area contributed by atoms with E-state index >= 15 is 0 Å². The molecule has 17 heavy (non-hydrogen) atoms. The van der Waals surface area contributed by atoms with E-state index in [1.165, 1.54) is 6.08 Å². The van der Waals surface area contributed by atoms with Gasteiger partial charge in [0.15, 0.2) is 0 Å². The summed E-state index contributed by atoms with van der Waals surface area (Å²) in [5, 5.41) is 28.0. The van der Waals surface area contributed by atoms with Crippen molar-refractivity contribution in [1.82, 2.24) is 0 Å². The number of nitrogens with zero attached hydrogens (tertiary/aromatic N) is 1. The normalized spacial score (nSPS) is 22.6. The molecule has 0 bridgehead atoms. The van der Waals surface area contributed by atoms with Crippen molar-refractivity contribution in [2.75, 3.05) is 0 Å². The lowest BCUT2D eigenvalue weighted by molar-refractivity contribution is -0.131. The Balaban J connectivity index is 2.83. The fourth-order valence-electron chi connectivity index (χ4n) is 1.96. The summed E-state index contributed by atoms with van der Waals surface area (Å²) < 4.78 is 0. The molecule has 0 heterocycles. The number of aliphatic hydroxyl groups is 1. The van der Waals surface area contributed by atoms with Crippen LogP contribution in [0.3, 0.4) is 0 Å². The zero-order valence-corrected chi connectivity index (χ0v) is 10.1. The van der Waals surface area contributed by atoms with Gasteiger partial charge in [-0.05, 0) is 32.3 Å². The molecular formula is C13H17NO3. The molecule has 0 amide bonds. The lowest BCUT2D eigenvalue weighted by Crippen LogP contribution is -2.48. The molecule has 92 valence electrons. The minimum absolute atomic E-state index is 0.533. The summed E-state index contributed by atoms with van der Waals surface area (Å²) in [5.74, 6) is -1.02. The first-order valence-corrected chi connectivity index (χ1v) is 5.57. The van der Waals surface area contributed by atoms with Gasteiger partial charge in [0.25, 0.3) is 0 Å². The number of hydrogen-bond acceptors (Lipinski definition) is 3. The van der Waals surface area contributed by atoms with Gasteiger partial charge in [-0.2, -0.15) is 5.26 Å². The molecule has 0 saturated heterocycles. The lowest BCUT2D eigenvalue weighted by atomic mass is 9.60. The van der Waals surface area contributed by atoms with Gasteiger partial charge in [0.05, 0.1) is 17.1 Å². The third kappa shape index (κ3) is 2.75. The fraction of sp³-hybridized carbons (Fsp3) is 0.538. The highest BCUT2D eigenvalue weighted by molar-refractivity contribution is 5.81. The predicted molar refractivity (Wildman–Crippen MR) is 63.1 cm³/mol. The Kier molecular flexibility index (Phi) is 3.74. The van der Waals surface area contributed by atoms with Crippen molar-refractivity contribution in [3.8, 4) is 6.07 Å². The molecule has 1 atom stereocenters. The van der Waals surface area contributed by atoms with Gasteiger partial charge in [0, 0.05) is 6.08 Å². The van der Waals surface area contributed by atoms with Crippen LogP contribution in [0, 0.1) is 16.7 Å². The van der Waals surface area contributed by atoms with Crippen molar-refractivity contribution in [2.45, 2.75) is 38.7 Å². The van der Waals surface area contributed by atoms with Crippen LogP contribution in [-0.2, 0) is 4.79 Å². The first-order valence-electron chi connectivity index (χ1n) is 5.57. The van der Waals surface area contributed by atoms with Gasteiger partial charge in [-0.1, -0.05) is 18.6 Å². The Morgan fingerprint density at radius 2 is 2.12 bits per heavy atom. The van der Waals surface area contributed by atoms with Crippen LogP contribution in [0.25, 0.3) is 0 Å². The number of carboxylic acid groups (broad SMARTS) is 1. The SMILES string of the molecule is CC(=C/C(=O)O)/C=C/[C@](C)(O)C1(C#N)CCC1. The van der Waals surface area contributed by atoms with Crippen LogP contribution in [0.4, 0.5) is 0 Å². The van der Waals surface area contributed by atoms with E-state index in [9.17, 15) is 9.90 Å². The molecule has 1 aliphatic rings. The van der Waals surface area contributed by atoms with E-state index in [0.717, 1.165) is 12.5 Å². The first kappa shape index (κ1) is 13.5. The molecule has 0 unspecified atom stereocenters. The minimum atomic E-state index is -1.21. The highest BCUT2D eigenvalue weighted by Gasteiger charge is 2.50. The van der Waals surface area contributed by atoms with Gasteiger partial charge in [-0.3, -0.25) is 0 Å². The zero-order chi connectivity index (χ0) is 13.1. The highest BCUT2D eigenvalue weighted by atomic mass is 16.4. The monoisotopic (exact) mass is 235 g/mol. The number of nitriles is 1. The van der Waals surface area contributed by atoms with E-state index in [-0.39, 0.29) is 0 Å². The van der Waals surface area contributed by atoms with E-state index < -0.39 is 17.0 Å². The predicted octanol–water partition coefficient (Wildman–Crippen LogP) is 2.02. The second kappa shape index (κ2) is 4.72. The van der Waals surface area contributed by atoms with Gasteiger partial charge in [0.1, 0.15) is 0 Å². The third-order valence-corrected chi connectivity index (χ3v) is 3.41. The number of allylic oxidation sites excluding steroid dienone is 2. The Hall–Kier alpha value is -1.60. The molecule has 4 nitrogen and oxygen atoms in total. The van der Waals surface area contributed by atoms with Gasteiger partial charge in [-0.25, -0.2) is 4.79 Å². The Morgan fingerprint density at radius 3 is 2.47 bits per heavy atom. The average Bonchev–Trinajstić information content (AvgIpc) is 2.12. The van der Waals surface area contributed by atoms with Crippen LogP contribution < -0.4 is 0 Å². The van der Waals surface area contributed by atoms with Crippen LogP contribution in [-0.4, -0.2) is 21.8 Å². The quantitative estimate of drug-likeness (QED) is 0.577. The lowest BCUT2D eigenvalue weighted by Gasteiger charge is -2.45. The number of rotatable bonds is 4. The minimum Gasteiger partial charge on any atom is -0.478 e. The molecule has 4 heteroatoms. The standard InChI is InChI=1S/C13H17NO3/c1-10(8-11(15)16)4-7-12(2,17)13(9-14)5-3-6-13/h4,7-8,17H,3,5-6H2,1-2H3,(H,15,16)/b7-4+,10-8-/t12-/m0/s1. The first-order chi connectivity index (χ1) is 7.83. The van der Waals surface area contributed by atoms with Crippen LogP contribution in [0.1, 0.15) is 33.1 Å². The van der Waals surface area contributed by atoms with E-state index in [1.54, 1.807) is 19.9 Å². The van der Waals surface area contributed by atoms with Gasteiger partial charge in [-0.15, -0.1) is 0 Å². The summed E-state index contributed by atoms with van der Waals surface area (Å²) in [5.41, 5.74) is -1.40. The fourth-order valence-corrected chi connectivity index (χ4v) is 1.96. The summed E-state index contributed by atoms with van der Waals surface area (Å²) in [4.78, 5) is 10.4. The Bertz CT molecular complexity index is 409. The second-order valence-corrected chi connectivity index (χ2v) is 4.75. The van der Waals surface area contributed by atoms with E-state index in [0.29, 0.717) is 18.4 Å². The van der Waals surface area contributed by atoms with Crippen molar-refractivity contribution in [1.29, 1.82) is 5.26 Å². The summed E-state index contributed by atoms with van der Waals surface area (Å²) in [6, 6.07) is 2.18. The molecular weight excluding hydrogens is 218 g/mol. The molecule has 1 saturated carbocycles. The van der Waals surface area contributed by atoms with Crippen LogP contribution >= 0.6 is 0 Å². The molecule has 2 N–H and O–H groups in total. The number of carbonyl (C=O) groups is 1. The van der Waals surface area contributed by atoms with E-state index in [4.69, 9.17) is 10.4 Å². The average molecular weight is 235 g/mol. The maximum Gasteiger partial charge on any atom is 0.328 e. The van der Waals surface area contributed by atoms with Crippen LogP contribution in [0.15, 0.2) is 23.8 Å². The van der Waals surface area contributed by atoms with Gasteiger partial charge in [0.2, 0.25) is 0 Å². The molecule has 1 fully saturated rings. The molecule has 0 aromatic heterocycles. The molecule has 0 aromatic rings. The van der Waals surface area contributed by atoms with Crippen molar-refractivity contribution in [2.24, 2.45) is 5.41 Å². The summed E-state index contributed by atoms with van der Waals surface area (Å²) in [7, 11) is 0. The smallest absolute Gasteiger partial charge is 0.328 e. The summed E-state index contributed by atoms with van der Waals surface area (Å²) in [6.07, 6.45) is 6.44. The molecule has 1 aliphatic carbocycles. The van der Waals surface area contributed by atoms with Crippen LogP contribution in [0.2, 0.25) is 0 Å². The molecule has 0 spiro atoms. The topological polar surface area (TPSA) is 81.3 Å². The largest absolute Gasteiger partial charge is 0.478 e. The van der Waals surface area contributed by atoms with Crippen LogP contribution in [0.5, 0.6) is 0 Å². The maximum absolute atomic E-state index is 10.4. The summed E-state index contributed by atoms with van der Waals surface area (Å²) >= 11 is 0. The zero-order valence-electron chi connectivity index (χ0n) is 10.1. The summed E-state index contributed by atoms with van der Waals surface area (Å²) in [6.45, 7) is 3.24. The molecule has 1 rings (SSSR count). The number of hydrogen-bond donors (Lipinski definition) is 2.